The average Bonchev–Trinajstić information content (AvgIpc) is 2.04. The minimum atomic E-state index is -2.55. The van der Waals surface area contributed by atoms with Gasteiger partial charge < -0.3 is 15.6 Å². The molecule has 0 amide bonds. The highest BCUT2D eigenvalue weighted by Gasteiger charge is 1.93. The molecule has 0 bridgehead atoms. The first kappa shape index (κ1) is 9.62. The molecule has 0 aliphatic rings. The molecule has 6 nitrogen and oxygen atoms in total. The van der Waals surface area contributed by atoms with Gasteiger partial charge >= 0.3 is 0 Å². The molecule has 0 saturated carbocycles. The number of nitrogens with zero attached hydrogens (tertiary/aromatic N) is 2. The lowest BCUT2D eigenvalue weighted by Crippen LogP contribution is -2.23. The number of pyridine rings is 1. The maximum absolute atomic E-state index is 10.1. The Labute approximate surface area is 77.3 Å². The smallest absolute Gasteiger partial charge is 0.207 e. The molecule has 0 spiro atoms. The summed E-state index contributed by atoms with van der Waals surface area (Å²) in [5, 5.41) is 2.50. The monoisotopic (exact) mass is 199 g/mol. The van der Waals surface area contributed by atoms with Crippen LogP contribution in [0.4, 0.5) is 5.82 Å². The van der Waals surface area contributed by atoms with E-state index >= 15 is 0 Å². The van der Waals surface area contributed by atoms with Gasteiger partial charge in [0.1, 0.15) is 5.82 Å². The van der Waals surface area contributed by atoms with Gasteiger partial charge in [-0.2, -0.15) is 4.40 Å². The third-order valence-electron chi connectivity index (χ3n) is 1.09. The molecule has 1 rings (SSSR count). The Bertz CT molecular complexity index is 327. The molecule has 0 aliphatic carbocycles. The van der Waals surface area contributed by atoms with Crippen LogP contribution in [-0.4, -0.2) is 19.7 Å². The van der Waals surface area contributed by atoms with Crippen molar-refractivity contribution < 1.29 is 8.76 Å². The normalized spacial score (nSPS) is 13.8. The molecule has 1 atom stereocenters. The number of nitrogens with one attached hydrogen (secondary N) is 1. The van der Waals surface area contributed by atoms with Crippen LogP contribution in [-0.2, 0) is 11.3 Å². The molecule has 70 valence electrons. The summed E-state index contributed by atoms with van der Waals surface area (Å²) < 4.78 is 23.2. The second kappa shape index (κ2) is 4.53. The molecular formula is C6H7N4O2S-. The van der Waals surface area contributed by atoms with Crippen molar-refractivity contribution in [1.29, 1.82) is 0 Å². The molecule has 1 unspecified atom stereocenters. The first-order chi connectivity index (χ1) is 6.18. The molecule has 1 aromatic rings. The van der Waals surface area contributed by atoms with Crippen molar-refractivity contribution in [2.45, 2.75) is 0 Å². The number of hydrogen-bond donors (Lipinski definition) is 2. The molecule has 1 aromatic heterocycles. The zero-order valence-electron chi connectivity index (χ0n) is 6.51. The van der Waals surface area contributed by atoms with Gasteiger partial charge in [-0.25, -0.2) is 9.19 Å². The lowest BCUT2D eigenvalue weighted by molar-refractivity contribution is 0.539. The van der Waals surface area contributed by atoms with Gasteiger partial charge in [0.2, 0.25) is 5.96 Å². The van der Waals surface area contributed by atoms with E-state index in [2.05, 4.69) is 14.7 Å². The topological polar surface area (TPSA) is 103 Å². The van der Waals surface area contributed by atoms with Gasteiger partial charge in [-0.05, 0) is 12.1 Å². The second-order valence-corrected chi connectivity index (χ2v) is 2.65. The molecule has 0 aromatic carbocycles. The zero-order valence-corrected chi connectivity index (χ0v) is 7.32. The lowest BCUT2D eigenvalue weighted by Gasteiger charge is -2.04. The molecular weight excluding hydrogens is 192 g/mol. The minimum Gasteiger partial charge on any atom is -0.754 e. The van der Waals surface area contributed by atoms with Crippen molar-refractivity contribution in [1.82, 2.24) is 4.98 Å². The van der Waals surface area contributed by atoms with Crippen LogP contribution < -0.4 is 11.1 Å². The predicted molar refractivity (Wildman–Crippen MR) is 48.4 cm³/mol. The summed E-state index contributed by atoms with van der Waals surface area (Å²) >= 11 is -2.55. The fraction of sp³-hybridized carbons (Fsp3) is 0. The molecule has 7 heteroatoms. The van der Waals surface area contributed by atoms with Crippen molar-refractivity contribution in [2.24, 2.45) is 10.1 Å². The maximum Gasteiger partial charge on any atom is 0.207 e. The standard InChI is InChI=1S/C6H8N4O2S/c7-6(10-13(11)12)9-5-3-1-2-4-8-5/h1-4H,(H,11,12)(H3,7,8,9,10)/p-1. The van der Waals surface area contributed by atoms with E-state index in [1.54, 1.807) is 24.4 Å². The Morgan fingerprint density at radius 1 is 1.69 bits per heavy atom. The van der Waals surface area contributed by atoms with E-state index in [1.807, 2.05) is 0 Å². The van der Waals surface area contributed by atoms with Crippen LogP contribution >= 0.6 is 0 Å². The van der Waals surface area contributed by atoms with Crippen LogP contribution in [0, 0.1) is 0 Å². The number of guanidine groups is 1. The van der Waals surface area contributed by atoms with Gasteiger partial charge in [-0.3, -0.25) is 0 Å². The van der Waals surface area contributed by atoms with E-state index in [0.717, 1.165) is 0 Å². The van der Waals surface area contributed by atoms with Crippen LogP contribution in [0.5, 0.6) is 0 Å². The first-order valence-electron chi connectivity index (χ1n) is 3.30. The number of rotatable bonds is 2. The number of aromatic nitrogens is 1. The Hall–Kier alpha value is -1.47. The van der Waals surface area contributed by atoms with Crippen molar-refractivity contribution in [3.05, 3.63) is 24.4 Å². The molecule has 1 heterocycles. The Kier molecular flexibility index (Phi) is 3.35. The molecule has 0 saturated heterocycles. The molecule has 0 aliphatic heterocycles. The van der Waals surface area contributed by atoms with Gasteiger partial charge in [-0.15, -0.1) is 0 Å². The van der Waals surface area contributed by atoms with Crippen LogP contribution in [0.1, 0.15) is 0 Å². The third kappa shape index (κ3) is 3.63. The van der Waals surface area contributed by atoms with E-state index in [1.165, 1.54) is 0 Å². The van der Waals surface area contributed by atoms with Crippen LogP contribution in [0.3, 0.4) is 0 Å². The highest BCUT2D eigenvalue weighted by Crippen LogP contribution is 1.98. The largest absolute Gasteiger partial charge is 0.754 e. The summed E-state index contributed by atoms with van der Waals surface area (Å²) in [6, 6.07) is 5.09. The zero-order chi connectivity index (χ0) is 9.68. The van der Waals surface area contributed by atoms with Gasteiger partial charge in [0.25, 0.3) is 0 Å². The van der Waals surface area contributed by atoms with E-state index in [9.17, 15) is 8.76 Å². The average molecular weight is 199 g/mol. The van der Waals surface area contributed by atoms with Crippen molar-refractivity contribution in [2.75, 3.05) is 5.32 Å². The van der Waals surface area contributed by atoms with Crippen LogP contribution in [0.2, 0.25) is 0 Å². The summed E-state index contributed by atoms with van der Waals surface area (Å²) in [7, 11) is 0. The molecule has 0 radical (unpaired) electrons. The summed E-state index contributed by atoms with van der Waals surface area (Å²) in [6.07, 6.45) is 1.55. The van der Waals surface area contributed by atoms with Gasteiger partial charge in [-0.1, -0.05) is 6.07 Å². The van der Waals surface area contributed by atoms with E-state index < -0.39 is 11.3 Å². The van der Waals surface area contributed by atoms with E-state index in [0.29, 0.717) is 5.82 Å². The van der Waals surface area contributed by atoms with Gasteiger partial charge in [0, 0.05) is 6.20 Å². The Morgan fingerprint density at radius 2 is 2.46 bits per heavy atom. The van der Waals surface area contributed by atoms with Crippen molar-refractivity contribution in [3.8, 4) is 0 Å². The van der Waals surface area contributed by atoms with Crippen LogP contribution in [0.25, 0.3) is 0 Å². The summed E-state index contributed by atoms with van der Waals surface area (Å²) in [5.74, 6) is 0.223. The van der Waals surface area contributed by atoms with Crippen molar-refractivity contribution in [3.63, 3.8) is 0 Å². The maximum atomic E-state index is 10.1. The third-order valence-corrected chi connectivity index (χ3v) is 1.44. The summed E-state index contributed by atoms with van der Waals surface area (Å²) in [4.78, 5) is 3.85. The first-order valence-corrected chi connectivity index (χ1v) is 4.33. The Balaban J connectivity index is 2.65. The fourth-order valence-electron chi connectivity index (χ4n) is 0.671. The van der Waals surface area contributed by atoms with Crippen molar-refractivity contribution >= 4 is 23.0 Å². The lowest BCUT2D eigenvalue weighted by atomic mass is 10.5. The fourth-order valence-corrected chi connectivity index (χ4v) is 0.877. The number of anilines is 1. The SMILES string of the molecule is NC(=NS(=O)[O-])Nc1ccccn1. The molecule has 0 fully saturated rings. The molecule has 3 N–H and O–H groups in total. The highest BCUT2D eigenvalue weighted by molar-refractivity contribution is 7.77. The summed E-state index contributed by atoms with van der Waals surface area (Å²) in [6.45, 7) is 0. The number of nitrogens with two attached hydrogens (primary N) is 1. The minimum absolute atomic E-state index is 0.216. The second-order valence-electron chi connectivity index (χ2n) is 2.03. The van der Waals surface area contributed by atoms with E-state index in [-0.39, 0.29) is 5.96 Å². The number of hydrogen-bond acceptors (Lipinski definition) is 3. The van der Waals surface area contributed by atoms with Gasteiger partial charge in [0.05, 0.1) is 11.3 Å². The van der Waals surface area contributed by atoms with Gasteiger partial charge in [0.15, 0.2) is 0 Å². The Morgan fingerprint density at radius 3 is 3.00 bits per heavy atom. The van der Waals surface area contributed by atoms with E-state index in [4.69, 9.17) is 5.73 Å². The van der Waals surface area contributed by atoms with Crippen LogP contribution in [0.15, 0.2) is 28.8 Å². The summed E-state index contributed by atoms with van der Waals surface area (Å²) in [5.41, 5.74) is 5.21. The highest BCUT2D eigenvalue weighted by atomic mass is 32.2. The molecule has 13 heavy (non-hydrogen) atoms. The quantitative estimate of drug-likeness (QED) is 0.383. The predicted octanol–water partition coefficient (Wildman–Crippen LogP) is -0.398.